The summed E-state index contributed by atoms with van der Waals surface area (Å²) in [5.74, 6) is 0.949. The monoisotopic (exact) mass is 321 g/mol. The highest BCUT2D eigenvalue weighted by atomic mass is 16.1. The second-order valence-corrected chi connectivity index (χ2v) is 6.71. The number of para-hydroxylation sites is 2. The van der Waals surface area contributed by atoms with Crippen molar-refractivity contribution in [2.24, 2.45) is 5.92 Å². The summed E-state index contributed by atoms with van der Waals surface area (Å²) in [5, 5.41) is 3.13. The predicted molar refractivity (Wildman–Crippen MR) is 97.1 cm³/mol. The summed E-state index contributed by atoms with van der Waals surface area (Å²) in [4.78, 5) is 20.7. The second-order valence-electron chi connectivity index (χ2n) is 6.71. The SMILES string of the molecule is Cc1cc(C)cc(C(=O)N[C@H](c2nc3ccccc3[nH]2)C(C)C)c1. The maximum atomic E-state index is 12.7. The summed E-state index contributed by atoms with van der Waals surface area (Å²) in [6, 6.07) is 13.6. The van der Waals surface area contributed by atoms with Gasteiger partial charge < -0.3 is 10.3 Å². The van der Waals surface area contributed by atoms with Gasteiger partial charge in [0.1, 0.15) is 5.82 Å². The first-order valence-corrected chi connectivity index (χ1v) is 8.28. The lowest BCUT2D eigenvalue weighted by molar-refractivity contribution is 0.0923. The number of hydrogen-bond acceptors (Lipinski definition) is 2. The summed E-state index contributed by atoms with van der Waals surface area (Å²) in [6.45, 7) is 8.17. The van der Waals surface area contributed by atoms with E-state index in [1.165, 1.54) is 0 Å². The van der Waals surface area contributed by atoms with Crippen molar-refractivity contribution < 1.29 is 4.79 Å². The molecule has 0 aliphatic heterocycles. The number of nitrogens with zero attached hydrogens (tertiary/aromatic N) is 1. The van der Waals surface area contributed by atoms with E-state index >= 15 is 0 Å². The van der Waals surface area contributed by atoms with E-state index in [4.69, 9.17) is 0 Å². The van der Waals surface area contributed by atoms with Crippen LogP contribution in [-0.4, -0.2) is 15.9 Å². The number of benzene rings is 2. The Morgan fingerprint density at radius 1 is 1.08 bits per heavy atom. The van der Waals surface area contributed by atoms with Gasteiger partial charge in [0.05, 0.1) is 17.1 Å². The molecule has 2 N–H and O–H groups in total. The lowest BCUT2D eigenvalue weighted by Gasteiger charge is -2.20. The number of H-pyrrole nitrogens is 1. The molecule has 0 aliphatic rings. The Hall–Kier alpha value is -2.62. The first-order valence-electron chi connectivity index (χ1n) is 8.28. The van der Waals surface area contributed by atoms with E-state index in [1.807, 2.05) is 50.2 Å². The molecule has 124 valence electrons. The van der Waals surface area contributed by atoms with Crippen molar-refractivity contribution in [2.75, 3.05) is 0 Å². The van der Waals surface area contributed by atoms with Gasteiger partial charge in [0.25, 0.3) is 5.91 Å². The molecule has 0 aliphatic carbocycles. The molecule has 0 saturated carbocycles. The molecule has 1 amide bonds. The molecular weight excluding hydrogens is 298 g/mol. The zero-order valence-electron chi connectivity index (χ0n) is 14.6. The summed E-state index contributed by atoms with van der Waals surface area (Å²) in [6.07, 6.45) is 0. The third kappa shape index (κ3) is 3.32. The van der Waals surface area contributed by atoms with E-state index in [0.29, 0.717) is 5.56 Å². The Labute approximate surface area is 142 Å². The Kier molecular flexibility index (Phi) is 4.38. The van der Waals surface area contributed by atoms with Gasteiger partial charge in [-0.2, -0.15) is 0 Å². The van der Waals surface area contributed by atoms with Gasteiger partial charge >= 0.3 is 0 Å². The molecule has 0 spiro atoms. The molecule has 0 saturated heterocycles. The molecule has 24 heavy (non-hydrogen) atoms. The molecule has 4 heteroatoms. The minimum Gasteiger partial charge on any atom is -0.342 e. The summed E-state index contributed by atoms with van der Waals surface area (Å²) >= 11 is 0. The van der Waals surface area contributed by atoms with Crippen LogP contribution in [0.25, 0.3) is 11.0 Å². The largest absolute Gasteiger partial charge is 0.342 e. The van der Waals surface area contributed by atoms with Crippen LogP contribution in [-0.2, 0) is 0 Å². The third-order valence-corrected chi connectivity index (χ3v) is 4.14. The van der Waals surface area contributed by atoms with Crippen molar-refractivity contribution in [3.8, 4) is 0 Å². The highest BCUT2D eigenvalue weighted by molar-refractivity contribution is 5.94. The smallest absolute Gasteiger partial charge is 0.251 e. The van der Waals surface area contributed by atoms with Gasteiger partial charge in [0.15, 0.2) is 0 Å². The van der Waals surface area contributed by atoms with E-state index in [2.05, 4.69) is 35.2 Å². The lowest BCUT2D eigenvalue weighted by atomic mass is 10.0. The number of aryl methyl sites for hydroxylation is 2. The zero-order chi connectivity index (χ0) is 17.3. The third-order valence-electron chi connectivity index (χ3n) is 4.14. The fraction of sp³-hybridized carbons (Fsp3) is 0.300. The summed E-state index contributed by atoms with van der Waals surface area (Å²) in [5.41, 5.74) is 4.77. The van der Waals surface area contributed by atoms with Crippen molar-refractivity contribution in [1.29, 1.82) is 0 Å². The Morgan fingerprint density at radius 2 is 1.75 bits per heavy atom. The number of carbonyl (C=O) groups is 1. The van der Waals surface area contributed by atoms with Crippen LogP contribution in [0, 0.1) is 19.8 Å². The number of aromatic nitrogens is 2. The first-order chi connectivity index (χ1) is 11.4. The number of nitrogens with one attached hydrogen (secondary N) is 2. The Balaban J connectivity index is 1.89. The van der Waals surface area contributed by atoms with Gasteiger partial charge in [-0.25, -0.2) is 4.98 Å². The quantitative estimate of drug-likeness (QED) is 0.752. The maximum Gasteiger partial charge on any atom is 0.251 e. The lowest BCUT2D eigenvalue weighted by Crippen LogP contribution is -2.32. The van der Waals surface area contributed by atoms with Crippen LogP contribution in [0.4, 0.5) is 0 Å². The van der Waals surface area contributed by atoms with Crippen molar-refractivity contribution in [3.63, 3.8) is 0 Å². The standard InChI is InChI=1S/C20H23N3O/c1-12(2)18(19-21-16-7-5-6-8-17(16)22-19)23-20(24)15-10-13(3)9-14(4)11-15/h5-12,18H,1-4H3,(H,21,22)(H,23,24)/t18-/m0/s1. The average molecular weight is 321 g/mol. The molecule has 0 radical (unpaired) electrons. The van der Waals surface area contributed by atoms with Gasteiger partial charge in [-0.3, -0.25) is 4.79 Å². The van der Waals surface area contributed by atoms with Gasteiger partial charge in [0.2, 0.25) is 0 Å². The Bertz CT molecular complexity index is 826. The fourth-order valence-electron chi connectivity index (χ4n) is 3.00. The zero-order valence-corrected chi connectivity index (χ0v) is 14.6. The van der Waals surface area contributed by atoms with Gasteiger partial charge in [-0.05, 0) is 44.0 Å². The highest BCUT2D eigenvalue weighted by Gasteiger charge is 2.22. The number of rotatable bonds is 4. The number of amides is 1. The number of carbonyl (C=O) groups excluding carboxylic acids is 1. The molecule has 1 atom stereocenters. The fourth-order valence-corrected chi connectivity index (χ4v) is 3.00. The van der Waals surface area contributed by atoms with Crippen LogP contribution in [0.2, 0.25) is 0 Å². The molecule has 0 unspecified atom stereocenters. The number of aromatic amines is 1. The van der Waals surface area contributed by atoms with Crippen molar-refractivity contribution in [2.45, 2.75) is 33.7 Å². The Morgan fingerprint density at radius 3 is 2.38 bits per heavy atom. The first kappa shape index (κ1) is 16.2. The van der Waals surface area contributed by atoms with Crippen molar-refractivity contribution >= 4 is 16.9 Å². The van der Waals surface area contributed by atoms with Crippen LogP contribution in [0.5, 0.6) is 0 Å². The van der Waals surface area contributed by atoms with Crippen LogP contribution < -0.4 is 5.32 Å². The van der Waals surface area contributed by atoms with Crippen LogP contribution >= 0.6 is 0 Å². The minimum atomic E-state index is -0.161. The molecule has 4 nitrogen and oxygen atoms in total. The number of hydrogen-bond donors (Lipinski definition) is 2. The minimum absolute atomic E-state index is 0.0686. The topological polar surface area (TPSA) is 57.8 Å². The summed E-state index contributed by atoms with van der Waals surface area (Å²) in [7, 11) is 0. The maximum absolute atomic E-state index is 12.7. The van der Waals surface area contributed by atoms with Gasteiger partial charge in [0, 0.05) is 5.56 Å². The van der Waals surface area contributed by atoms with Crippen LogP contribution in [0.15, 0.2) is 42.5 Å². The number of imidazole rings is 1. The van der Waals surface area contributed by atoms with Gasteiger partial charge in [-0.1, -0.05) is 43.2 Å². The van der Waals surface area contributed by atoms with E-state index in [9.17, 15) is 4.79 Å². The number of fused-ring (bicyclic) bond motifs is 1. The highest BCUT2D eigenvalue weighted by Crippen LogP contribution is 2.23. The van der Waals surface area contributed by atoms with E-state index in [-0.39, 0.29) is 17.9 Å². The normalized spacial score (nSPS) is 12.5. The molecule has 3 rings (SSSR count). The van der Waals surface area contributed by atoms with Gasteiger partial charge in [-0.15, -0.1) is 0 Å². The molecule has 0 fully saturated rings. The van der Waals surface area contributed by atoms with E-state index in [0.717, 1.165) is 28.0 Å². The molecule has 3 aromatic rings. The molecule has 0 bridgehead atoms. The molecule has 1 aromatic heterocycles. The predicted octanol–water partition coefficient (Wildman–Crippen LogP) is 4.31. The second kappa shape index (κ2) is 6.48. The van der Waals surface area contributed by atoms with Crippen LogP contribution in [0.1, 0.15) is 47.2 Å². The average Bonchev–Trinajstić information content (AvgIpc) is 2.94. The summed E-state index contributed by atoms with van der Waals surface area (Å²) < 4.78 is 0. The van der Waals surface area contributed by atoms with Crippen molar-refractivity contribution in [3.05, 3.63) is 65.0 Å². The van der Waals surface area contributed by atoms with Crippen LogP contribution in [0.3, 0.4) is 0 Å². The molecular formula is C20H23N3O. The van der Waals surface area contributed by atoms with Crippen molar-refractivity contribution in [1.82, 2.24) is 15.3 Å². The van der Waals surface area contributed by atoms with E-state index in [1.54, 1.807) is 0 Å². The van der Waals surface area contributed by atoms with E-state index < -0.39 is 0 Å². The molecule has 1 heterocycles. The molecule has 2 aromatic carbocycles.